The Morgan fingerprint density at radius 2 is 2.00 bits per heavy atom. The van der Waals surface area contributed by atoms with Gasteiger partial charge in [0.05, 0.1) is 19.3 Å². The summed E-state index contributed by atoms with van der Waals surface area (Å²) in [6.07, 6.45) is -2.20. The topological polar surface area (TPSA) is 138 Å². The zero-order chi connectivity index (χ0) is 18.8. The Kier molecular flexibility index (Phi) is 5.93. The Morgan fingerprint density at radius 3 is 2.60 bits per heavy atom. The maximum atomic E-state index is 11.9. The fraction of sp³-hybridized carbons (Fsp3) is 0.933. The molecule has 0 unspecified atom stereocenters. The van der Waals surface area contributed by atoms with Crippen LogP contribution in [0.3, 0.4) is 0 Å². The number of nitrogens with zero attached hydrogens (tertiary/aromatic N) is 3. The number of azide groups is 1. The summed E-state index contributed by atoms with van der Waals surface area (Å²) in [4.78, 5) is 14.7. The summed E-state index contributed by atoms with van der Waals surface area (Å²) in [6, 6.07) is -0.951. The predicted octanol–water partition coefficient (Wildman–Crippen LogP) is 1.23. The molecule has 0 radical (unpaired) electrons. The van der Waals surface area contributed by atoms with Crippen molar-refractivity contribution in [3.63, 3.8) is 0 Å². The van der Waals surface area contributed by atoms with Crippen molar-refractivity contribution >= 4 is 5.97 Å². The summed E-state index contributed by atoms with van der Waals surface area (Å²) < 4.78 is 28.2. The summed E-state index contributed by atoms with van der Waals surface area (Å²) in [5, 5.41) is 3.53. The number of fused-ring (bicyclic) bond motifs is 1. The predicted molar refractivity (Wildman–Crippen MR) is 86.3 cm³/mol. The van der Waals surface area contributed by atoms with Gasteiger partial charge in [-0.15, -0.1) is 0 Å². The smallest absolute Gasteiger partial charge is 0.325 e. The van der Waals surface area contributed by atoms with Crippen molar-refractivity contribution in [3.8, 4) is 0 Å². The highest BCUT2D eigenvalue weighted by atomic mass is 16.8. The first-order chi connectivity index (χ1) is 11.5. The van der Waals surface area contributed by atoms with Crippen LogP contribution < -0.4 is 5.73 Å². The number of hydrogen-bond acceptors (Lipinski definition) is 8. The van der Waals surface area contributed by atoms with Gasteiger partial charge in [-0.25, -0.2) is 0 Å². The van der Waals surface area contributed by atoms with Gasteiger partial charge in [0, 0.05) is 4.91 Å². The van der Waals surface area contributed by atoms with E-state index in [1.54, 1.807) is 34.6 Å². The van der Waals surface area contributed by atoms with Crippen LogP contribution in [-0.2, 0) is 28.5 Å². The van der Waals surface area contributed by atoms with Crippen molar-refractivity contribution in [1.29, 1.82) is 0 Å². The number of carbonyl (C=O) groups excluding carboxylic acids is 1. The number of nitrogens with two attached hydrogens (primary N) is 1. The molecule has 2 aliphatic rings. The van der Waals surface area contributed by atoms with E-state index in [-0.39, 0.29) is 13.2 Å². The molecule has 2 saturated heterocycles. The lowest BCUT2D eigenvalue weighted by molar-refractivity contribution is -0.233. The van der Waals surface area contributed by atoms with Gasteiger partial charge in [0.1, 0.15) is 23.9 Å². The summed E-state index contributed by atoms with van der Waals surface area (Å²) in [5.41, 5.74) is 13.7. The first kappa shape index (κ1) is 19.9. The normalized spacial score (nSPS) is 31.9. The SMILES string of the molecule is CC(C)(C)OC(=O)[C@@H](N)CO[C@@H]1O[C@H](CN=[N+]=[N-])[C@H]2OC(C)(C)O[C@@H]12. The molecule has 0 aromatic carbocycles. The molecule has 5 atom stereocenters. The molecule has 142 valence electrons. The average Bonchev–Trinajstić information content (AvgIpc) is 2.94. The van der Waals surface area contributed by atoms with Crippen molar-refractivity contribution in [2.75, 3.05) is 13.2 Å². The number of carbonyl (C=O) groups is 1. The van der Waals surface area contributed by atoms with E-state index in [0.29, 0.717) is 0 Å². The molecule has 0 aromatic rings. The molecule has 2 N–H and O–H groups in total. The molecule has 10 nitrogen and oxygen atoms in total. The Labute approximate surface area is 146 Å². The minimum absolute atomic E-state index is 0.0923. The summed E-state index contributed by atoms with van der Waals surface area (Å²) >= 11 is 0. The fourth-order valence-corrected chi connectivity index (χ4v) is 2.68. The molecule has 0 aliphatic carbocycles. The van der Waals surface area contributed by atoms with Crippen LogP contribution >= 0.6 is 0 Å². The summed E-state index contributed by atoms with van der Waals surface area (Å²) in [7, 11) is 0. The molecular formula is C15H26N4O6. The van der Waals surface area contributed by atoms with E-state index in [9.17, 15) is 4.79 Å². The lowest BCUT2D eigenvalue weighted by Crippen LogP contribution is -2.43. The molecule has 10 heteroatoms. The molecule has 0 saturated carbocycles. The average molecular weight is 358 g/mol. The first-order valence-corrected chi connectivity index (χ1v) is 8.14. The van der Waals surface area contributed by atoms with Crippen molar-refractivity contribution < 1.29 is 28.5 Å². The Balaban J connectivity index is 1.94. The van der Waals surface area contributed by atoms with E-state index in [2.05, 4.69) is 10.0 Å². The quantitative estimate of drug-likeness (QED) is 0.326. The third-order valence-corrected chi connectivity index (χ3v) is 3.58. The van der Waals surface area contributed by atoms with Gasteiger partial charge in [-0.2, -0.15) is 0 Å². The Morgan fingerprint density at radius 1 is 1.36 bits per heavy atom. The summed E-state index contributed by atoms with van der Waals surface area (Å²) in [6.45, 7) is 8.83. The van der Waals surface area contributed by atoms with Crippen LogP contribution in [-0.4, -0.2) is 61.2 Å². The molecule has 0 bridgehead atoms. The van der Waals surface area contributed by atoms with Crippen LogP contribution in [0.4, 0.5) is 0 Å². The zero-order valence-corrected chi connectivity index (χ0v) is 15.2. The third kappa shape index (κ3) is 5.27. The number of rotatable bonds is 6. The van der Waals surface area contributed by atoms with Crippen LogP contribution in [0, 0.1) is 0 Å². The number of hydrogen-bond donors (Lipinski definition) is 1. The summed E-state index contributed by atoms with van der Waals surface area (Å²) in [5.74, 6) is -1.36. The third-order valence-electron chi connectivity index (χ3n) is 3.58. The second-order valence-electron chi connectivity index (χ2n) is 7.49. The highest BCUT2D eigenvalue weighted by Gasteiger charge is 2.55. The van der Waals surface area contributed by atoms with Crippen LogP contribution in [0.15, 0.2) is 5.11 Å². The van der Waals surface area contributed by atoms with Gasteiger partial charge < -0.3 is 29.4 Å². The van der Waals surface area contributed by atoms with Crippen molar-refractivity contribution in [1.82, 2.24) is 0 Å². The van der Waals surface area contributed by atoms with Crippen LogP contribution in [0.1, 0.15) is 34.6 Å². The van der Waals surface area contributed by atoms with Gasteiger partial charge in [-0.05, 0) is 40.1 Å². The lowest BCUT2D eigenvalue weighted by Gasteiger charge is -2.25. The molecule has 0 amide bonds. The minimum atomic E-state index is -0.951. The monoisotopic (exact) mass is 358 g/mol. The molecule has 2 fully saturated rings. The minimum Gasteiger partial charge on any atom is -0.459 e. The molecule has 2 heterocycles. The van der Waals surface area contributed by atoms with Crippen LogP contribution in [0.2, 0.25) is 0 Å². The lowest BCUT2D eigenvalue weighted by atomic mass is 10.1. The molecule has 25 heavy (non-hydrogen) atoms. The van der Waals surface area contributed by atoms with Gasteiger partial charge in [0.15, 0.2) is 12.1 Å². The van der Waals surface area contributed by atoms with Crippen LogP contribution in [0.5, 0.6) is 0 Å². The maximum absolute atomic E-state index is 11.9. The van der Waals surface area contributed by atoms with Gasteiger partial charge in [-0.3, -0.25) is 4.79 Å². The Bertz CT molecular complexity index is 543. The Hall–Kier alpha value is -1.42. The maximum Gasteiger partial charge on any atom is 0.325 e. The van der Waals surface area contributed by atoms with E-state index >= 15 is 0 Å². The highest BCUT2D eigenvalue weighted by molar-refractivity contribution is 5.76. The second kappa shape index (κ2) is 7.45. The van der Waals surface area contributed by atoms with Gasteiger partial charge >= 0.3 is 5.97 Å². The van der Waals surface area contributed by atoms with Gasteiger partial charge in [0.25, 0.3) is 0 Å². The molecule has 2 rings (SSSR count). The second-order valence-corrected chi connectivity index (χ2v) is 7.49. The van der Waals surface area contributed by atoms with Crippen molar-refractivity contribution in [2.45, 2.75) is 76.7 Å². The highest BCUT2D eigenvalue weighted by Crippen LogP contribution is 2.39. The fourth-order valence-electron chi connectivity index (χ4n) is 2.68. The van der Waals surface area contributed by atoms with Crippen molar-refractivity contribution in [3.05, 3.63) is 10.4 Å². The first-order valence-electron chi connectivity index (χ1n) is 8.14. The van der Waals surface area contributed by atoms with E-state index in [0.717, 1.165) is 0 Å². The van der Waals surface area contributed by atoms with E-state index in [1.807, 2.05) is 0 Å². The van der Waals surface area contributed by atoms with Gasteiger partial charge in [-0.1, -0.05) is 5.11 Å². The zero-order valence-electron chi connectivity index (χ0n) is 15.2. The molecule has 2 aliphatic heterocycles. The standard InChI is InChI=1S/C15H26N4O6/c1-14(2,3)25-12(20)8(16)7-21-13-11-10(23-15(4,5)24-11)9(22-13)6-18-19-17/h8-11,13H,6-7,16H2,1-5H3/t8-,9+,10+,11+,13+/m0/s1. The molecule has 0 spiro atoms. The molecule has 0 aromatic heterocycles. The van der Waals surface area contributed by atoms with E-state index in [4.69, 9.17) is 34.9 Å². The number of esters is 1. The van der Waals surface area contributed by atoms with E-state index in [1.165, 1.54) is 0 Å². The van der Waals surface area contributed by atoms with Crippen LogP contribution in [0.25, 0.3) is 10.4 Å². The van der Waals surface area contributed by atoms with Crippen molar-refractivity contribution in [2.24, 2.45) is 10.8 Å². The van der Waals surface area contributed by atoms with E-state index < -0.39 is 48.0 Å². The van der Waals surface area contributed by atoms with Gasteiger partial charge in [0.2, 0.25) is 0 Å². The molecular weight excluding hydrogens is 332 g/mol. The largest absolute Gasteiger partial charge is 0.459 e. The number of ether oxygens (including phenoxy) is 5.